The predicted molar refractivity (Wildman–Crippen MR) is 169 cm³/mol. The topological polar surface area (TPSA) is 29.5 Å². The van der Waals surface area contributed by atoms with Crippen molar-refractivity contribution >= 4 is 24.6 Å². The Morgan fingerprint density at radius 1 is 0.821 bits per heavy atom. The second-order valence-electron chi connectivity index (χ2n) is 12.0. The Hall–Kier alpha value is -2.69. The molecule has 4 heteroatoms. The van der Waals surface area contributed by atoms with Crippen LogP contribution >= 0.6 is 0 Å². The second-order valence-corrected chi connectivity index (χ2v) is 16.3. The van der Waals surface area contributed by atoms with Gasteiger partial charge in [-0.05, 0) is 60.2 Å². The Kier molecular flexibility index (Phi) is 10.4. The van der Waals surface area contributed by atoms with E-state index in [1.807, 2.05) is 6.92 Å². The lowest BCUT2D eigenvalue weighted by Crippen LogP contribution is -2.67. The number of aryl methyl sites for hydroxylation is 2. The minimum atomic E-state index is -2.69. The largest absolute Gasteiger partial charge is 0.406 e. The third-order valence-electron chi connectivity index (χ3n) is 8.52. The summed E-state index contributed by atoms with van der Waals surface area (Å²) in [6, 6.07) is 27.7. The smallest absolute Gasteiger partial charge is 0.261 e. The molecule has 3 rings (SSSR count). The monoisotopic (exact) mass is 543 g/mol. The summed E-state index contributed by atoms with van der Waals surface area (Å²) >= 11 is 0. The van der Waals surface area contributed by atoms with Gasteiger partial charge in [-0.25, -0.2) is 0 Å². The van der Waals surface area contributed by atoms with E-state index < -0.39 is 8.32 Å². The van der Waals surface area contributed by atoms with Crippen molar-refractivity contribution in [3.05, 3.63) is 95.6 Å². The first-order valence-corrected chi connectivity index (χ1v) is 16.6. The molecule has 0 spiro atoms. The summed E-state index contributed by atoms with van der Waals surface area (Å²) in [5, 5.41) is 2.43. The number of nitrogens with zero attached hydrogens (tertiary/aromatic N) is 1. The first kappa shape index (κ1) is 30.8. The van der Waals surface area contributed by atoms with E-state index in [9.17, 15) is 4.79 Å². The van der Waals surface area contributed by atoms with E-state index in [2.05, 4.69) is 132 Å². The van der Waals surface area contributed by atoms with Crippen LogP contribution in [0.3, 0.4) is 0 Å². The lowest BCUT2D eigenvalue weighted by molar-refractivity contribution is 0.0343. The summed E-state index contributed by atoms with van der Waals surface area (Å²) in [6.45, 7) is 18.8. The minimum absolute atomic E-state index is 0.103. The Labute approximate surface area is 238 Å². The Morgan fingerprint density at radius 3 is 1.82 bits per heavy atom. The van der Waals surface area contributed by atoms with Crippen molar-refractivity contribution in [3.8, 4) is 0 Å². The van der Waals surface area contributed by atoms with E-state index in [0.717, 1.165) is 42.4 Å². The zero-order valence-electron chi connectivity index (χ0n) is 25.5. The van der Waals surface area contributed by atoms with Crippen molar-refractivity contribution in [1.29, 1.82) is 0 Å². The molecular weight excluding hydrogens is 494 g/mol. The quantitative estimate of drug-likeness (QED) is 0.219. The Bertz CT molecular complexity index is 1160. The molecule has 0 radical (unpaired) electrons. The van der Waals surface area contributed by atoms with Gasteiger partial charge < -0.3 is 9.33 Å². The molecule has 0 aliphatic heterocycles. The average molecular weight is 544 g/mol. The predicted octanol–water partition coefficient (Wildman–Crippen LogP) is 7.68. The van der Waals surface area contributed by atoms with Crippen molar-refractivity contribution in [1.82, 2.24) is 4.90 Å². The van der Waals surface area contributed by atoms with Crippen molar-refractivity contribution < 1.29 is 9.22 Å². The molecule has 0 heterocycles. The van der Waals surface area contributed by atoms with Gasteiger partial charge in [0.15, 0.2) is 0 Å². The maximum Gasteiger partial charge on any atom is 0.261 e. The minimum Gasteiger partial charge on any atom is -0.406 e. The molecule has 1 amide bonds. The van der Waals surface area contributed by atoms with Crippen LogP contribution in [-0.4, -0.2) is 37.8 Å². The van der Waals surface area contributed by atoms with Crippen LogP contribution < -0.4 is 10.4 Å². The van der Waals surface area contributed by atoms with E-state index in [1.165, 1.54) is 10.4 Å². The Balaban J connectivity index is 2.07. The third-order valence-corrected chi connectivity index (χ3v) is 13.6. The first-order chi connectivity index (χ1) is 18.6. The van der Waals surface area contributed by atoms with Crippen LogP contribution in [0, 0.1) is 13.8 Å². The number of amides is 1. The van der Waals surface area contributed by atoms with Gasteiger partial charge in [0, 0.05) is 17.6 Å². The van der Waals surface area contributed by atoms with Crippen molar-refractivity contribution in [2.75, 3.05) is 13.2 Å². The van der Waals surface area contributed by atoms with Gasteiger partial charge in [0.25, 0.3) is 14.2 Å². The van der Waals surface area contributed by atoms with Gasteiger partial charge in [0.05, 0.1) is 6.61 Å². The summed E-state index contributed by atoms with van der Waals surface area (Å²) in [7, 11) is -2.69. The average Bonchev–Trinajstić information content (AvgIpc) is 2.93. The number of carbonyl (C=O) groups is 1. The Morgan fingerprint density at radius 2 is 1.36 bits per heavy atom. The van der Waals surface area contributed by atoms with Gasteiger partial charge >= 0.3 is 0 Å². The van der Waals surface area contributed by atoms with Gasteiger partial charge in [-0.3, -0.25) is 4.79 Å². The van der Waals surface area contributed by atoms with Crippen LogP contribution in [0.25, 0.3) is 0 Å². The molecule has 0 saturated heterocycles. The maximum absolute atomic E-state index is 14.3. The van der Waals surface area contributed by atoms with E-state index in [0.29, 0.717) is 13.2 Å². The summed E-state index contributed by atoms with van der Waals surface area (Å²) in [5.41, 5.74) is 2.75. The number of rotatable bonds is 12. The SMILES string of the molecule is CCCC(CC)(CC)N(CCO[Si](c1ccccc1)(c1ccccc1)C(C)(C)C)C(=O)c1cc(C)ccc1C. The fraction of sp³-hybridized carbons (Fsp3) is 0.457. The molecular formula is C35H49NO2Si. The molecule has 210 valence electrons. The molecule has 3 aromatic carbocycles. The molecule has 39 heavy (non-hydrogen) atoms. The highest BCUT2D eigenvalue weighted by atomic mass is 28.4. The van der Waals surface area contributed by atoms with Crippen molar-refractivity contribution in [2.45, 2.75) is 91.7 Å². The van der Waals surface area contributed by atoms with Crippen LogP contribution in [0.5, 0.6) is 0 Å². The number of hydrogen-bond donors (Lipinski definition) is 0. The van der Waals surface area contributed by atoms with E-state index in [1.54, 1.807) is 0 Å². The molecule has 0 saturated carbocycles. The van der Waals surface area contributed by atoms with Gasteiger partial charge in [-0.2, -0.15) is 0 Å². The van der Waals surface area contributed by atoms with E-state index in [-0.39, 0.29) is 16.5 Å². The van der Waals surface area contributed by atoms with Crippen LogP contribution in [0.2, 0.25) is 5.04 Å². The summed E-state index contributed by atoms with van der Waals surface area (Å²) in [4.78, 5) is 16.5. The summed E-state index contributed by atoms with van der Waals surface area (Å²) in [6.07, 6.45) is 3.87. The highest BCUT2D eigenvalue weighted by Crippen LogP contribution is 2.37. The molecule has 0 aliphatic carbocycles. The molecule has 0 bridgehead atoms. The van der Waals surface area contributed by atoms with Gasteiger partial charge in [0.2, 0.25) is 0 Å². The molecule has 0 fully saturated rings. The second kappa shape index (κ2) is 13.1. The van der Waals surface area contributed by atoms with E-state index >= 15 is 0 Å². The third kappa shape index (κ3) is 6.39. The number of carbonyl (C=O) groups excluding carboxylic acids is 1. The molecule has 0 aromatic heterocycles. The van der Waals surface area contributed by atoms with Gasteiger partial charge in [-0.15, -0.1) is 0 Å². The molecule has 0 aliphatic rings. The zero-order valence-corrected chi connectivity index (χ0v) is 26.5. The number of hydrogen-bond acceptors (Lipinski definition) is 2. The van der Waals surface area contributed by atoms with Gasteiger partial charge in [-0.1, -0.05) is 126 Å². The lowest BCUT2D eigenvalue weighted by atomic mass is 9.85. The van der Waals surface area contributed by atoms with Crippen molar-refractivity contribution in [2.24, 2.45) is 0 Å². The first-order valence-electron chi connectivity index (χ1n) is 14.7. The molecule has 3 nitrogen and oxygen atoms in total. The highest BCUT2D eigenvalue weighted by Gasteiger charge is 2.50. The lowest BCUT2D eigenvalue weighted by Gasteiger charge is -2.46. The molecule has 0 unspecified atom stereocenters. The zero-order chi connectivity index (χ0) is 28.7. The fourth-order valence-corrected chi connectivity index (χ4v) is 10.9. The van der Waals surface area contributed by atoms with Crippen LogP contribution in [0.4, 0.5) is 0 Å². The summed E-state index contributed by atoms with van der Waals surface area (Å²) in [5.74, 6) is 0.124. The fourth-order valence-electron chi connectivity index (χ4n) is 6.30. The highest BCUT2D eigenvalue weighted by molar-refractivity contribution is 6.99. The summed E-state index contributed by atoms with van der Waals surface area (Å²) < 4.78 is 7.24. The number of benzene rings is 3. The van der Waals surface area contributed by atoms with Crippen molar-refractivity contribution in [3.63, 3.8) is 0 Å². The maximum atomic E-state index is 14.3. The van der Waals surface area contributed by atoms with Gasteiger partial charge in [0.1, 0.15) is 0 Å². The van der Waals surface area contributed by atoms with Crippen LogP contribution in [-0.2, 0) is 4.43 Å². The van der Waals surface area contributed by atoms with Crippen LogP contribution in [0.1, 0.15) is 88.7 Å². The molecule has 0 atom stereocenters. The molecule has 0 N–H and O–H groups in total. The normalized spacial score (nSPS) is 12.4. The molecule has 3 aromatic rings. The standard InChI is InChI=1S/C35H49NO2Si/c1-9-24-35(10-2,11-3)36(33(37)32-27-28(4)22-23-29(32)5)25-26-38-39(34(6,7)8,30-18-14-12-15-19-30)31-20-16-13-17-21-31/h12-23,27H,9-11,24-26H2,1-8H3. The van der Waals surface area contributed by atoms with E-state index in [4.69, 9.17) is 4.43 Å². The van der Waals surface area contributed by atoms with Crippen LogP contribution in [0.15, 0.2) is 78.9 Å².